The second kappa shape index (κ2) is 7.81. The number of carbonyl (C=O) groups excluding carboxylic acids is 1. The third-order valence-corrected chi connectivity index (χ3v) is 4.57. The maximum absolute atomic E-state index is 12.8. The molecule has 1 aromatic rings. The van der Waals surface area contributed by atoms with Crippen LogP contribution in [-0.4, -0.2) is 29.9 Å². The number of benzene rings is 1. The van der Waals surface area contributed by atoms with E-state index in [0.29, 0.717) is 11.1 Å². The van der Waals surface area contributed by atoms with Crippen molar-refractivity contribution in [3.05, 3.63) is 34.9 Å². The molecule has 2 rings (SSSR count). The molecule has 0 unspecified atom stereocenters. The molecule has 0 bridgehead atoms. The number of halogens is 1. The van der Waals surface area contributed by atoms with Gasteiger partial charge in [0, 0.05) is 11.1 Å². The predicted octanol–water partition coefficient (Wildman–Crippen LogP) is 3.78. The standard InChI is InChI=1S/C17H25ClN2O/c1-3-20(4-2)16(13-9-11-14(18)12-10-13)17(21)19-15-7-5-6-8-15/h9-12,15-16H,3-8H2,1-2H3,(H,19,21)/t16-/m0/s1. The molecule has 0 saturated heterocycles. The Kier molecular flexibility index (Phi) is 6.07. The minimum atomic E-state index is -0.224. The van der Waals surface area contributed by atoms with E-state index in [2.05, 4.69) is 24.1 Å². The van der Waals surface area contributed by atoms with Gasteiger partial charge in [-0.15, -0.1) is 0 Å². The van der Waals surface area contributed by atoms with Gasteiger partial charge in [-0.3, -0.25) is 9.69 Å². The zero-order chi connectivity index (χ0) is 15.2. The summed E-state index contributed by atoms with van der Waals surface area (Å²) >= 11 is 5.97. The first-order valence-electron chi connectivity index (χ1n) is 7.95. The fourth-order valence-electron chi connectivity index (χ4n) is 3.11. The van der Waals surface area contributed by atoms with Crippen LogP contribution in [0.5, 0.6) is 0 Å². The summed E-state index contributed by atoms with van der Waals surface area (Å²) < 4.78 is 0. The lowest BCUT2D eigenvalue weighted by Crippen LogP contribution is -2.43. The van der Waals surface area contributed by atoms with E-state index in [1.165, 1.54) is 12.8 Å². The molecular weight excluding hydrogens is 284 g/mol. The van der Waals surface area contributed by atoms with Crippen LogP contribution < -0.4 is 5.32 Å². The topological polar surface area (TPSA) is 32.3 Å². The van der Waals surface area contributed by atoms with Crippen molar-refractivity contribution in [2.24, 2.45) is 0 Å². The molecule has 1 aliphatic carbocycles. The first-order valence-corrected chi connectivity index (χ1v) is 8.33. The molecule has 3 nitrogen and oxygen atoms in total. The minimum Gasteiger partial charge on any atom is -0.352 e. The van der Waals surface area contributed by atoms with Gasteiger partial charge in [0.25, 0.3) is 0 Å². The van der Waals surface area contributed by atoms with Gasteiger partial charge in [-0.05, 0) is 43.6 Å². The van der Waals surface area contributed by atoms with Crippen LogP contribution in [0.3, 0.4) is 0 Å². The number of amides is 1. The average Bonchev–Trinajstić information content (AvgIpc) is 2.98. The lowest BCUT2D eigenvalue weighted by Gasteiger charge is -2.30. The summed E-state index contributed by atoms with van der Waals surface area (Å²) in [6.45, 7) is 5.88. The van der Waals surface area contributed by atoms with Gasteiger partial charge in [-0.1, -0.05) is 50.4 Å². The second-order valence-electron chi connectivity index (χ2n) is 5.67. The summed E-state index contributed by atoms with van der Waals surface area (Å²) in [5, 5.41) is 3.93. The first kappa shape index (κ1) is 16.3. The Balaban J connectivity index is 2.18. The molecule has 1 aliphatic rings. The highest BCUT2D eigenvalue weighted by atomic mass is 35.5. The normalized spacial score (nSPS) is 17.1. The Morgan fingerprint density at radius 1 is 1.24 bits per heavy atom. The van der Waals surface area contributed by atoms with Gasteiger partial charge >= 0.3 is 0 Å². The van der Waals surface area contributed by atoms with Crippen molar-refractivity contribution in [3.63, 3.8) is 0 Å². The van der Waals surface area contributed by atoms with Crippen molar-refractivity contribution >= 4 is 17.5 Å². The Labute approximate surface area is 132 Å². The smallest absolute Gasteiger partial charge is 0.242 e. The van der Waals surface area contributed by atoms with E-state index < -0.39 is 0 Å². The van der Waals surface area contributed by atoms with Crippen LogP contribution >= 0.6 is 11.6 Å². The molecule has 0 aromatic heterocycles. The number of hydrogen-bond donors (Lipinski definition) is 1. The van der Waals surface area contributed by atoms with E-state index in [4.69, 9.17) is 11.6 Å². The predicted molar refractivity (Wildman–Crippen MR) is 87.5 cm³/mol. The molecule has 1 N–H and O–H groups in total. The van der Waals surface area contributed by atoms with Crippen molar-refractivity contribution in [2.45, 2.75) is 51.6 Å². The summed E-state index contributed by atoms with van der Waals surface area (Å²) in [6, 6.07) is 7.76. The number of rotatable bonds is 6. The number of hydrogen-bond acceptors (Lipinski definition) is 2. The van der Waals surface area contributed by atoms with Gasteiger partial charge in [0.15, 0.2) is 0 Å². The quantitative estimate of drug-likeness (QED) is 0.867. The minimum absolute atomic E-state index is 0.118. The van der Waals surface area contributed by atoms with Crippen molar-refractivity contribution in [2.75, 3.05) is 13.1 Å². The number of nitrogens with zero attached hydrogens (tertiary/aromatic N) is 1. The van der Waals surface area contributed by atoms with Crippen molar-refractivity contribution < 1.29 is 4.79 Å². The molecule has 0 heterocycles. The SMILES string of the molecule is CCN(CC)[C@H](C(=O)NC1CCCC1)c1ccc(Cl)cc1. The van der Waals surface area contributed by atoms with Gasteiger partial charge in [-0.2, -0.15) is 0 Å². The van der Waals surface area contributed by atoms with E-state index in [-0.39, 0.29) is 11.9 Å². The molecule has 1 atom stereocenters. The molecule has 4 heteroatoms. The average molecular weight is 309 g/mol. The summed E-state index contributed by atoms with van der Waals surface area (Å²) in [6.07, 6.45) is 4.66. The van der Waals surface area contributed by atoms with Crippen molar-refractivity contribution in [1.29, 1.82) is 0 Å². The summed E-state index contributed by atoms with van der Waals surface area (Å²) in [7, 11) is 0. The van der Waals surface area contributed by atoms with Crippen LogP contribution in [0.15, 0.2) is 24.3 Å². The molecule has 0 spiro atoms. The van der Waals surface area contributed by atoms with Crippen molar-refractivity contribution in [3.8, 4) is 0 Å². The monoisotopic (exact) mass is 308 g/mol. The van der Waals surface area contributed by atoms with E-state index in [1.807, 2.05) is 24.3 Å². The fraction of sp³-hybridized carbons (Fsp3) is 0.588. The molecule has 1 aromatic carbocycles. The Morgan fingerprint density at radius 2 is 1.81 bits per heavy atom. The van der Waals surface area contributed by atoms with Crippen LogP contribution in [0.25, 0.3) is 0 Å². The van der Waals surface area contributed by atoms with Crippen LogP contribution in [0.4, 0.5) is 0 Å². The Hall–Kier alpha value is -1.06. The maximum atomic E-state index is 12.8. The van der Waals surface area contributed by atoms with Crippen LogP contribution in [0, 0.1) is 0 Å². The van der Waals surface area contributed by atoms with E-state index >= 15 is 0 Å². The molecule has 1 amide bonds. The van der Waals surface area contributed by atoms with Gasteiger partial charge < -0.3 is 5.32 Å². The van der Waals surface area contributed by atoms with Crippen molar-refractivity contribution in [1.82, 2.24) is 10.2 Å². The molecule has 0 radical (unpaired) electrons. The molecule has 21 heavy (non-hydrogen) atoms. The number of carbonyl (C=O) groups is 1. The van der Waals surface area contributed by atoms with Crippen LogP contribution in [0.2, 0.25) is 5.02 Å². The van der Waals surface area contributed by atoms with Gasteiger partial charge in [0.05, 0.1) is 0 Å². The molecule has 0 aliphatic heterocycles. The fourth-order valence-corrected chi connectivity index (χ4v) is 3.24. The zero-order valence-electron chi connectivity index (χ0n) is 12.9. The highest BCUT2D eigenvalue weighted by molar-refractivity contribution is 6.30. The highest BCUT2D eigenvalue weighted by Gasteiger charge is 2.28. The molecule has 1 fully saturated rings. The van der Waals surface area contributed by atoms with Gasteiger partial charge in [0.2, 0.25) is 5.91 Å². The number of nitrogens with one attached hydrogen (secondary N) is 1. The lowest BCUT2D eigenvalue weighted by atomic mass is 10.0. The summed E-state index contributed by atoms with van der Waals surface area (Å²) in [5.41, 5.74) is 1.01. The first-order chi connectivity index (χ1) is 10.2. The largest absolute Gasteiger partial charge is 0.352 e. The zero-order valence-corrected chi connectivity index (χ0v) is 13.7. The van der Waals surface area contributed by atoms with Gasteiger partial charge in [-0.25, -0.2) is 0 Å². The lowest BCUT2D eigenvalue weighted by molar-refractivity contribution is -0.127. The van der Waals surface area contributed by atoms with E-state index in [1.54, 1.807) is 0 Å². The second-order valence-corrected chi connectivity index (χ2v) is 6.10. The van der Waals surface area contributed by atoms with Gasteiger partial charge in [0.1, 0.15) is 6.04 Å². The Bertz CT molecular complexity index is 450. The molecule has 116 valence electrons. The van der Waals surface area contributed by atoms with Crippen LogP contribution in [0.1, 0.15) is 51.1 Å². The van der Waals surface area contributed by atoms with Crippen LogP contribution in [-0.2, 0) is 4.79 Å². The maximum Gasteiger partial charge on any atom is 0.242 e. The number of likely N-dealkylation sites (N-methyl/N-ethyl adjacent to an activating group) is 1. The van der Waals surface area contributed by atoms with E-state index in [9.17, 15) is 4.79 Å². The third kappa shape index (κ3) is 4.21. The molecular formula is C17H25ClN2O. The summed E-state index contributed by atoms with van der Waals surface area (Å²) in [4.78, 5) is 14.9. The Morgan fingerprint density at radius 3 is 2.33 bits per heavy atom. The van der Waals surface area contributed by atoms with E-state index in [0.717, 1.165) is 31.5 Å². The highest BCUT2D eigenvalue weighted by Crippen LogP contribution is 2.24. The summed E-state index contributed by atoms with van der Waals surface area (Å²) in [5.74, 6) is 0.118. The molecule has 1 saturated carbocycles. The third-order valence-electron chi connectivity index (χ3n) is 4.31.